The summed E-state index contributed by atoms with van der Waals surface area (Å²) >= 11 is 0. The molecule has 0 aliphatic rings. The van der Waals surface area contributed by atoms with Gasteiger partial charge in [-0.2, -0.15) is 0 Å². The van der Waals surface area contributed by atoms with E-state index in [0.29, 0.717) is 22.4 Å². The Hall–Kier alpha value is -3.94. The second-order valence-electron chi connectivity index (χ2n) is 6.60. The van der Waals surface area contributed by atoms with E-state index in [9.17, 15) is 19.2 Å². The first-order valence-electron chi connectivity index (χ1n) is 8.99. The van der Waals surface area contributed by atoms with Gasteiger partial charge in [0.05, 0.1) is 10.9 Å². The largest absolute Gasteiger partial charge is 0.427 e. The number of aryl methyl sites for hydroxylation is 1. The minimum absolute atomic E-state index is 0.00441. The van der Waals surface area contributed by atoms with Crippen LogP contribution in [0.5, 0.6) is 17.2 Å². The van der Waals surface area contributed by atoms with Gasteiger partial charge in [0.15, 0.2) is 0 Å². The highest BCUT2D eigenvalue weighted by Crippen LogP contribution is 2.31. The molecule has 8 nitrogen and oxygen atoms in total. The average molecular weight is 409 g/mol. The van der Waals surface area contributed by atoms with Crippen molar-refractivity contribution in [1.29, 1.82) is 0 Å². The van der Waals surface area contributed by atoms with Crippen LogP contribution in [0.2, 0.25) is 0 Å². The number of aromatic nitrogens is 1. The summed E-state index contributed by atoms with van der Waals surface area (Å²) in [4.78, 5) is 47.3. The maximum Gasteiger partial charge on any atom is 0.308 e. The van der Waals surface area contributed by atoms with Gasteiger partial charge >= 0.3 is 17.9 Å². The van der Waals surface area contributed by atoms with Gasteiger partial charge in [-0.3, -0.25) is 19.2 Å². The lowest BCUT2D eigenvalue weighted by molar-refractivity contribution is -0.133. The Morgan fingerprint density at radius 3 is 1.93 bits per heavy atom. The highest BCUT2D eigenvalue weighted by molar-refractivity contribution is 5.92. The molecule has 1 aromatic heterocycles. The minimum Gasteiger partial charge on any atom is -0.427 e. The van der Waals surface area contributed by atoms with Crippen molar-refractivity contribution in [3.05, 3.63) is 52.8 Å². The summed E-state index contributed by atoms with van der Waals surface area (Å²) in [6, 6.07) is 9.33. The molecular weight excluding hydrogens is 390 g/mol. The van der Waals surface area contributed by atoms with Crippen LogP contribution in [0.15, 0.2) is 47.4 Å². The van der Waals surface area contributed by atoms with Crippen LogP contribution in [-0.4, -0.2) is 22.5 Å². The maximum atomic E-state index is 13.3. The number of nitrogens with zero attached hydrogens (tertiary/aromatic N) is 1. The first-order chi connectivity index (χ1) is 14.2. The Kier molecular flexibility index (Phi) is 5.68. The van der Waals surface area contributed by atoms with Crippen molar-refractivity contribution in [2.45, 2.75) is 20.8 Å². The van der Waals surface area contributed by atoms with E-state index in [1.807, 2.05) is 0 Å². The van der Waals surface area contributed by atoms with Gasteiger partial charge < -0.3 is 18.8 Å². The van der Waals surface area contributed by atoms with Crippen LogP contribution >= 0.6 is 0 Å². The zero-order valence-electron chi connectivity index (χ0n) is 16.8. The van der Waals surface area contributed by atoms with Gasteiger partial charge in [0.25, 0.3) is 0 Å². The Morgan fingerprint density at radius 2 is 1.37 bits per heavy atom. The summed E-state index contributed by atoms with van der Waals surface area (Å²) in [5.74, 6) is -1.10. The van der Waals surface area contributed by atoms with E-state index in [-0.39, 0.29) is 22.3 Å². The quantitative estimate of drug-likeness (QED) is 0.482. The monoisotopic (exact) mass is 409 g/mol. The molecule has 3 rings (SSSR count). The molecule has 0 radical (unpaired) electrons. The Morgan fingerprint density at radius 1 is 0.800 bits per heavy atom. The Balaban J connectivity index is 2.22. The Bertz CT molecular complexity index is 1220. The van der Waals surface area contributed by atoms with Gasteiger partial charge in [-0.1, -0.05) is 12.1 Å². The summed E-state index contributed by atoms with van der Waals surface area (Å²) in [5, 5.41) is 0.171. The van der Waals surface area contributed by atoms with Crippen molar-refractivity contribution in [1.82, 2.24) is 4.57 Å². The summed E-state index contributed by atoms with van der Waals surface area (Å²) in [6.45, 7) is 3.76. The highest BCUT2D eigenvalue weighted by Gasteiger charge is 2.18. The van der Waals surface area contributed by atoms with E-state index in [2.05, 4.69) is 0 Å². The lowest BCUT2D eigenvalue weighted by Crippen LogP contribution is -2.14. The van der Waals surface area contributed by atoms with Gasteiger partial charge in [0.1, 0.15) is 17.2 Å². The molecule has 0 saturated carbocycles. The molecule has 0 aliphatic heterocycles. The summed E-state index contributed by atoms with van der Waals surface area (Å²) < 4.78 is 17.0. The molecule has 0 bridgehead atoms. The molecule has 0 saturated heterocycles. The van der Waals surface area contributed by atoms with E-state index in [0.717, 1.165) is 0 Å². The molecule has 0 N–H and O–H groups in total. The standard InChI is InChI=1S/C22H19NO7/c1-12(24)28-16-7-5-15(6-8-16)18-11-23(4)19-9-17(29-13(2)25)10-20(30-14(3)26)21(19)22(18)27/h5-11H,1-4H3. The number of pyridine rings is 1. The Labute approximate surface area is 171 Å². The van der Waals surface area contributed by atoms with Crippen molar-refractivity contribution in [2.24, 2.45) is 7.05 Å². The molecule has 8 heteroatoms. The third-order valence-electron chi connectivity index (χ3n) is 4.17. The van der Waals surface area contributed by atoms with Gasteiger partial charge in [-0.15, -0.1) is 0 Å². The zero-order chi connectivity index (χ0) is 22.0. The van der Waals surface area contributed by atoms with E-state index in [1.54, 1.807) is 42.1 Å². The van der Waals surface area contributed by atoms with E-state index < -0.39 is 17.9 Å². The molecular formula is C22H19NO7. The van der Waals surface area contributed by atoms with Gasteiger partial charge in [-0.25, -0.2) is 0 Å². The van der Waals surface area contributed by atoms with Crippen molar-refractivity contribution < 1.29 is 28.6 Å². The molecule has 30 heavy (non-hydrogen) atoms. The second-order valence-corrected chi connectivity index (χ2v) is 6.60. The summed E-state index contributed by atoms with van der Waals surface area (Å²) in [6.07, 6.45) is 1.63. The number of ether oxygens (including phenoxy) is 3. The number of hydrogen-bond donors (Lipinski definition) is 0. The summed E-state index contributed by atoms with van der Waals surface area (Å²) in [5.41, 5.74) is 1.00. The first-order valence-corrected chi connectivity index (χ1v) is 8.99. The highest BCUT2D eigenvalue weighted by atomic mass is 16.5. The second kappa shape index (κ2) is 8.20. The number of rotatable bonds is 4. The van der Waals surface area contributed by atoms with Gasteiger partial charge in [0.2, 0.25) is 5.43 Å². The molecule has 0 aliphatic carbocycles. The van der Waals surface area contributed by atoms with Crippen LogP contribution in [0.4, 0.5) is 0 Å². The van der Waals surface area contributed by atoms with Crippen molar-refractivity contribution in [2.75, 3.05) is 0 Å². The predicted octanol–water partition coefficient (Wildman–Crippen LogP) is 2.98. The van der Waals surface area contributed by atoms with E-state index in [1.165, 1.54) is 32.9 Å². The van der Waals surface area contributed by atoms with Crippen LogP contribution in [0.1, 0.15) is 20.8 Å². The molecule has 0 amide bonds. The lowest BCUT2D eigenvalue weighted by atomic mass is 10.0. The number of fused-ring (bicyclic) bond motifs is 1. The average Bonchev–Trinajstić information content (AvgIpc) is 2.63. The normalized spacial score (nSPS) is 10.5. The van der Waals surface area contributed by atoms with E-state index in [4.69, 9.17) is 14.2 Å². The SMILES string of the molecule is CC(=O)Oc1ccc(-c2cn(C)c3cc(OC(C)=O)cc(OC(C)=O)c3c2=O)cc1. The molecule has 0 spiro atoms. The molecule has 0 atom stereocenters. The molecule has 0 unspecified atom stereocenters. The van der Waals surface area contributed by atoms with Crippen LogP contribution in [-0.2, 0) is 21.4 Å². The summed E-state index contributed by atoms with van der Waals surface area (Å²) in [7, 11) is 1.72. The number of benzene rings is 2. The molecule has 1 heterocycles. The smallest absolute Gasteiger partial charge is 0.308 e. The molecule has 154 valence electrons. The lowest BCUT2D eigenvalue weighted by Gasteiger charge is -2.14. The zero-order valence-corrected chi connectivity index (χ0v) is 16.8. The van der Waals surface area contributed by atoms with Gasteiger partial charge in [0, 0.05) is 51.7 Å². The van der Waals surface area contributed by atoms with Gasteiger partial charge in [-0.05, 0) is 17.7 Å². The fourth-order valence-corrected chi connectivity index (χ4v) is 3.07. The number of hydrogen-bond acceptors (Lipinski definition) is 7. The third-order valence-corrected chi connectivity index (χ3v) is 4.17. The third kappa shape index (κ3) is 4.38. The van der Waals surface area contributed by atoms with Crippen LogP contribution < -0.4 is 19.6 Å². The number of carbonyl (C=O) groups is 3. The van der Waals surface area contributed by atoms with Crippen LogP contribution in [0.25, 0.3) is 22.0 Å². The van der Waals surface area contributed by atoms with Crippen LogP contribution in [0, 0.1) is 0 Å². The first kappa shape index (κ1) is 20.8. The van der Waals surface area contributed by atoms with Crippen molar-refractivity contribution in [3.63, 3.8) is 0 Å². The topological polar surface area (TPSA) is 101 Å². The molecule has 0 fully saturated rings. The van der Waals surface area contributed by atoms with Crippen molar-refractivity contribution in [3.8, 4) is 28.4 Å². The predicted molar refractivity (Wildman–Crippen MR) is 109 cm³/mol. The fourth-order valence-electron chi connectivity index (χ4n) is 3.07. The van der Waals surface area contributed by atoms with Crippen molar-refractivity contribution >= 4 is 28.8 Å². The fraction of sp³-hybridized carbons (Fsp3) is 0.182. The number of esters is 3. The minimum atomic E-state index is -0.616. The van der Waals surface area contributed by atoms with Crippen LogP contribution in [0.3, 0.4) is 0 Å². The molecule has 2 aromatic carbocycles. The van der Waals surface area contributed by atoms with E-state index >= 15 is 0 Å². The molecule has 3 aromatic rings. The maximum absolute atomic E-state index is 13.3. The number of carbonyl (C=O) groups excluding carboxylic acids is 3.